The first-order valence-electron chi connectivity index (χ1n) is 5.43. The van der Waals surface area contributed by atoms with Crippen molar-refractivity contribution >= 4 is 0 Å². The fourth-order valence-electron chi connectivity index (χ4n) is 2.45. The van der Waals surface area contributed by atoms with Gasteiger partial charge in [0.25, 0.3) is 0 Å². The SMILES string of the molecule is CCc1ccc(C)c2c1CCCC2. The molecule has 1 aliphatic rings. The van der Waals surface area contributed by atoms with Gasteiger partial charge in [0.15, 0.2) is 0 Å². The highest BCUT2D eigenvalue weighted by Gasteiger charge is 2.13. The normalized spacial score (nSPS) is 15.5. The summed E-state index contributed by atoms with van der Waals surface area (Å²) in [4.78, 5) is 0. The molecule has 0 fully saturated rings. The highest BCUT2D eigenvalue weighted by molar-refractivity contribution is 5.42. The van der Waals surface area contributed by atoms with Crippen LogP contribution in [0, 0.1) is 6.92 Å². The molecule has 0 atom stereocenters. The van der Waals surface area contributed by atoms with Gasteiger partial charge in [0, 0.05) is 0 Å². The molecule has 1 aromatic rings. The molecule has 0 saturated heterocycles. The summed E-state index contributed by atoms with van der Waals surface area (Å²) in [7, 11) is 0. The van der Waals surface area contributed by atoms with E-state index in [1.807, 2.05) is 0 Å². The number of hydrogen-bond acceptors (Lipinski definition) is 0. The quantitative estimate of drug-likeness (QED) is 0.612. The first-order valence-corrected chi connectivity index (χ1v) is 5.43. The number of hydrogen-bond donors (Lipinski definition) is 0. The van der Waals surface area contributed by atoms with E-state index in [-0.39, 0.29) is 0 Å². The van der Waals surface area contributed by atoms with E-state index in [2.05, 4.69) is 26.0 Å². The van der Waals surface area contributed by atoms with Crippen molar-refractivity contribution in [3.8, 4) is 0 Å². The Morgan fingerprint density at radius 3 is 2.46 bits per heavy atom. The van der Waals surface area contributed by atoms with Crippen LogP contribution in [0.5, 0.6) is 0 Å². The van der Waals surface area contributed by atoms with E-state index >= 15 is 0 Å². The van der Waals surface area contributed by atoms with Crippen LogP contribution < -0.4 is 0 Å². The monoisotopic (exact) mass is 174 g/mol. The van der Waals surface area contributed by atoms with E-state index in [1.165, 1.54) is 37.7 Å². The van der Waals surface area contributed by atoms with E-state index in [9.17, 15) is 0 Å². The van der Waals surface area contributed by atoms with Gasteiger partial charge < -0.3 is 0 Å². The van der Waals surface area contributed by atoms with Crippen LogP contribution in [0.25, 0.3) is 0 Å². The van der Waals surface area contributed by atoms with Gasteiger partial charge in [0.2, 0.25) is 0 Å². The second-order valence-corrected chi connectivity index (χ2v) is 4.06. The molecule has 0 spiro atoms. The number of benzene rings is 1. The largest absolute Gasteiger partial charge is 0.0613 e. The van der Waals surface area contributed by atoms with Crippen LogP contribution in [0.3, 0.4) is 0 Å². The summed E-state index contributed by atoms with van der Waals surface area (Å²) in [5, 5.41) is 0. The lowest BCUT2D eigenvalue weighted by Gasteiger charge is -2.21. The standard InChI is InChI=1S/C13H18/c1-3-11-9-8-10(2)12-6-4-5-7-13(11)12/h8-9H,3-7H2,1-2H3. The Kier molecular flexibility index (Phi) is 2.39. The fraction of sp³-hybridized carbons (Fsp3) is 0.538. The Hall–Kier alpha value is -0.780. The molecule has 0 radical (unpaired) electrons. The molecule has 0 aliphatic heterocycles. The van der Waals surface area contributed by atoms with Crippen LogP contribution in [0.15, 0.2) is 12.1 Å². The minimum Gasteiger partial charge on any atom is -0.0613 e. The maximum Gasteiger partial charge on any atom is -0.0273 e. The Bertz CT molecular complexity index is 310. The lowest BCUT2D eigenvalue weighted by atomic mass is 9.85. The van der Waals surface area contributed by atoms with Gasteiger partial charge >= 0.3 is 0 Å². The van der Waals surface area contributed by atoms with E-state index in [1.54, 1.807) is 16.7 Å². The molecule has 70 valence electrons. The van der Waals surface area contributed by atoms with Crippen LogP contribution in [0.4, 0.5) is 0 Å². The van der Waals surface area contributed by atoms with Crippen LogP contribution in [-0.2, 0) is 19.3 Å². The summed E-state index contributed by atoms with van der Waals surface area (Å²) in [6.07, 6.45) is 6.61. The Balaban J connectivity index is 2.52. The fourth-order valence-corrected chi connectivity index (χ4v) is 2.45. The zero-order valence-corrected chi connectivity index (χ0v) is 8.69. The number of aryl methyl sites for hydroxylation is 2. The second kappa shape index (κ2) is 3.53. The third kappa shape index (κ3) is 1.50. The van der Waals surface area contributed by atoms with Gasteiger partial charge in [-0.25, -0.2) is 0 Å². The molecule has 0 unspecified atom stereocenters. The van der Waals surface area contributed by atoms with E-state index in [0.29, 0.717) is 0 Å². The van der Waals surface area contributed by atoms with E-state index in [4.69, 9.17) is 0 Å². The maximum atomic E-state index is 2.32. The summed E-state index contributed by atoms with van der Waals surface area (Å²) in [5.74, 6) is 0. The molecule has 0 amide bonds. The van der Waals surface area contributed by atoms with Crippen molar-refractivity contribution in [2.24, 2.45) is 0 Å². The molecule has 0 N–H and O–H groups in total. The lowest BCUT2D eigenvalue weighted by molar-refractivity contribution is 0.675. The maximum absolute atomic E-state index is 2.32. The number of fused-ring (bicyclic) bond motifs is 1. The van der Waals surface area contributed by atoms with Crippen molar-refractivity contribution in [3.63, 3.8) is 0 Å². The molecule has 2 rings (SSSR count). The van der Waals surface area contributed by atoms with Crippen molar-refractivity contribution < 1.29 is 0 Å². The average molecular weight is 174 g/mol. The third-order valence-corrected chi connectivity index (χ3v) is 3.25. The van der Waals surface area contributed by atoms with E-state index < -0.39 is 0 Å². The van der Waals surface area contributed by atoms with Crippen LogP contribution in [-0.4, -0.2) is 0 Å². The Morgan fingerprint density at radius 2 is 1.77 bits per heavy atom. The summed E-state index contributed by atoms with van der Waals surface area (Å²) in [6.45, 7) is 4.52. The van der Waals surface area contributed by atoms with Crippen LogP contribution in [0.2, 0.25) is 0 Å². The molecule has 0 heteroatoms. The molecule has 1 aromatic carbocycles. The lowest BCUT2D eigenvalue weighted by Crippen LogP contribution is -2.07. The van der Waals surface area contributed by atoms with Gasteiger partial charge in [-0.2, -0.15) is 0 Å². The molecule has 0 heterocycles. The highest BCUT2D eigenvalue weighted by atomic mass is 14.2. The minimum atomic E-state index is 1.20. The molecular formula is C13H18. The van der Waals surface area contributed by atoms with Crippen LogP contribution >= 0.6 is 0 Å². The smallest absolute Gasteiger partial charge is 0.0273 e. The van der Waals surface area contributed by atoms with Gasteiger partial charge in [-0.05, 0) is 61.3 Å². The first kappa shape index (κ1) is 8.80. The molecule has 0 saturated carbocycles. The van der Waals surface area contributed by atoms with E-state index in [0.717, 1.165) is 0 Å². The van der Waals surface area contributed by atoms with Gasteiger partial charge in [-0.1, -0.05) is 19.1 Å². The molecular weight excluding hydrogens is 156 g/mol. The van der Waals surface area contributed by atoms with Crippen molar-refractivity contribution in [2.75, 3.05) is 0 Å². The van der Waals surface area contributed by atoms with Crippen molar-refractivity contribution in [1.82, 2.24) is 0 Å². The van der Waals surface area contributed by atoms with Crippen molar-refractivity contribution in [3.05, 3.63) is 34.4 Å². The minimum absolute atomic E-state index is 1.20. The van der Waals surface area contributed by atoms with Crippen LogP contribution in [0.1, 0.15) is 42.0 Å². The van der Waals surface area contributed by atoms with Gasteiger partial charge in [-0.15, -0.1) is 0 Å². The average Bonchev–Trinajstić information content (AvgIpc) is 2.19. The zero-order valence-electron chi connectivity index (χ0n) is 8.69. The first-order chi connectivity index (χ1) is 6.33. The van der Waals surface area contributed by atoms with Gasteiger partial charge in [0.05, 0.1) is 0 Å². The Labute approximate surface area is 81.0 Å². The summed E-state index contributed by atoms with van der Waals surface area (Å²) < 4.78 is 0. The van der Waals surface area contributed by atoms with Crippen molar-refractivity contribution in [2.45, 2.75) is 46.0 Å². The topological polar surface area (TPSA) is 0 Å². The molecule has 13 heavy (non-hydrogen) atoms. The summed E-state index contributed by atoms with van der Waals surface area (Å²) in [5.41, 5.74) is 6.42. The summed E-state index contributed by atoms with van der Waals surface area (Å²) >= 11 is 0. The zero-order chi connectivity index (χ0) is 9.26. The Morgan fingerprint density at radius 1 is 1.08 bits per heavy atom. The molecule has 1 aliphatic carbocycles. The molecule has 0 bridgehead atoms. The number of rotatable bonds is 1. The third-order valence-electron chi connectivity index (χ3n) is 3.25. The second-order valence-electron chi connectivity index (χ2n) is 4.06. The predicted octanol–water partition coefficient (Wildman–Crippen LogP) is 3.44. The van der Waals surface area contributed by atoms with Gasteiger partial charge in [-0.3, -0.25) is 0 Å². The van der Waals surface area contributed by atoms with Gasteiger partial charge in [0.1, 0.15) is 0 Å². The summed E-state index contributed by atoms with van der Waals surface area (Å²) in [6, 6.07) is 4.61. The van der Waals surface area contributed by atoms with Crippen molar-refractivity contribution in [1.29, 1.82) is 0 Å². The molecule has 0 aromatic heterocycles. The molecule has 0 nitrogen and oxygen atoms in total. The highest BCUT2D eigenvalue weighted by Crippen LogP contribution is 2.27. The predicted molar refractivity (Wildman–Crippen MR) is 57.2 cm³/mol.